The van der Waals surface area contributed by atoms with Crippen molar-refractivity contribution in [3.05, 3.63) is 32.8 Å². The molecule has 4 heteroatoms. The third kappa shape index (κ3) is 1.54. The van der Waals surface area contributed by atoms with E-state index in [0.717, 1.165) is 0 Å². The molecule has 0 atom stereocenters. The maximum atomic E-state index is 12.8. The summed E-state index contributed by atoms with van der Waals surface area (Å²) in [6.45, 7) is 1.52. The number of hydrogen-bond donors (Lipinski definition) is 0. The second kappa shape index (κ2) is 3.07. The minimum absolute atomic E-state index is 0.0734. The maximum Gasteiger partial charge on any atom is 0.158 e. The van der Waals surface area contributed by atoms with Crippen molar-refractivity contribution in [3.8, 4) is 0 Å². The molecule has 11 heavy (non-hydrogen) atoms. The summed E-state index contributed by atoms with van der Waals surface area (Å²) < 4.78 is 25.4. The SMILES string of the molecule is Cc1cc(Cl)c(F)c(Br)c1F. The number of aryl methyl sites for hydroxylation is 1. The number of hydrogen-bond acceptors (Lipinski definition) is 0. The Morgan fingerprint density at radius 3 is 2.45 bits per heavy atom. The fourth-order valence-electron chi connectivity index (χ4n) is 0.691. The van der Waals surface area contributed by atoms with E-state index in [2.05, 4.69) is 15.9 Å². The van der Waals surface area contributed by atoms with Gasteiger partial charge in [0.1, 0.15) is 5.82 Å². The molecule has 1 aromatic carbocycles. The van der Waals surface area contributed by atoms with Crippen molar-refractivity contribution in [2.75, 3.05) is 0 Å². The van der Waals surface area contributed by atoms with Crippen molar-refractivity contribution >= 4 is 27.5 Å². The summed E-state index contributed by atoms with van der Waals surface area (Å²) in [5.74, 6) is -1.36. The molecular formula is C7H4BrClF2. The lowest BCUT2D eigenvalue weighted by Crippen LogP contribution is -1.89. The molecule has 0 aliphatic rings. The summed E-state index contributed by atoms with van der Waals surface area (Å²) in [6.07, 6.45) is 0. The molecule has 0 saturated heterocycles. The molecule has 0 fully saturated rings. The minimum atomic E-state index is -0.755. The van der Waals surface area contributed by atoms with Crippen LogP contribution >= 0.6 is 27.5 Å². The highest BCUT2D eigenvalue weighted by Crippen LogP contribution is 2.28. The van der Waals surface area contributed by atoms with Gasteiger partial charge in [-0.15, -0.1) is 0 Å². The van der Waals surface area contributed by atoms with Crippen molar-refractivity contribution in [2.24, 2.45) is 0 Å². The molecule has 0 saturated carbocycles. The zero-order valence-corrected chi connectivity index (χ0v) is 7.93. The highest BCUT2D eigenvalue weighted by molar-refractivity contribution is 9.10. The quantitative estimate of drug-likeness (QED) is 0.480. The Bertz CT molecular complexity index is 273. The lowest BCUT2D eigenvalue weighted by Gasteiger charge is -2.01. The van der Waals surface area contributed by atoms with E-state index in [-0.39, 0.29) is 9.50 Å². The first-order valence-electron chi connectivity index (χ1n) is 2.83. The van der Waals surface area contributed by atoms with Gasteiger partial charge in [0, 0.05) is 0 Å². The first-order chi connectivity index (χ1) is 5.04. The average molecular weight is 241 g/mol. The topological polar surface area (TPSA) is 0 Å². The van der Waals surface area contributed by atoms with Gasteiger partial charge >= 0.3 is 0 Å². The van der Waals surface area contributed by atoms with Crippen LogP contribution in [0.2, 0.25) is 5.02 Å². The van der Waals surface area contributed by atoms with E-state index in [1.165, 1.54) is 13.0 Å². The highest BCUT2D eigenvalue weighted by atomic mass is 79.9. The van der Waals surface area contributed by atoms with Crippen molar-refractivity contribution in [1.29, 1.82) is 0 Å². The Balaban J connectivity index is 3.46. The van der Waals surface area contributed by atoms with Crippen molar-refractivity contribution in [3.63, 3.8) is 0 Å². The highest BCUT2D eigenvalue weighted by Gasteiger charge is 2.12. The van der Waals surface area contributed by atoms with Gasteiger partial charge in [-0.25, -0.2) is 8.78 Å². The van der Waals surface area contributed by atoms with E-state index in [4.69, 9.17) is 11.6 Å². The summed E-state index contributed by atoms with van der Waals surface area (Å²) in [5.41, 5.74) is 0.322. The van der Waals surface area contributed by atoms with Gasteiger partial charge in [0.25, 0.3) is 0 Å². The van der Waals surface area contributed by atoms with Gasteiger partial charge in [-0.2, -0.15) is 0 Å². The minimum Gasteiger partial charge on any atom is -0.205 e. The van der Waals surface area contributed by atoms with Crippen LogP contribution in [0.15, 0.2) is 10.5 Å². The zero-order chi connectivity index (χ0) is 8.59. The van der Waals surface area contributed by atoms with Gasteiger partial charge in [0.05, 0.1) is 9.50 Å². The molecule has 0 aliphatic heterocycles. The molecule has 0 N–H and O–H groups in total. The third-order valence-corrected chi connectivity index (χ3v) is 2.26. The van der Waals surface area contributed by atoms with Crippen LogP contribution in [0.5, 0.6) is 0 Å². The molecule has 0 radical (unpaired) electrons. The summed E-state index contributed by atoms with van der Waals surface area (Å²) in [5, 5.41) is -0.0734. The van der Waals surface area contributed by atoms with Gasteiger partial charge in [-0.05, 0) is 34.5 Å². The van der Waals surface area contributed by atoms with Crippen LogP contribution in [0.25, 0.3) is 0 Å². The van der Waals surface area contributed by atoms with E-state index in [0.29, 0.717) is 5.56 Å². The summed E-state index contributed by atoms with van der Waals surface area (Å²) in [7, 11) is 0. The Morgan fingerprint density at radius 2 is 1.91 bits per heavy atom. The molecule has 0 amide bonds. The Labute approximate surface area is 76.3 Å². The van der Waals surface area contributed by atoms with Crippen LogP contribution in [0.3, 0.4) is 0 Å². The second-order valence-corrected chi connectivity index (χ2v) is 3.32. The fourth-order valence-corrected chi connectivity index (χ4v) is 1.59. The molecule has 0 heterocycles. The lowest BCUT2D eigenvalue weighted by molar-refractivity contribution is 0.566. The standard InChI is InChI=1S/C7H4BrClF2/c1-3-2-4(9)7(11)5(8)6(3)10/h2H,1H3. The van der Waals surface area contributed by atoms with Crippen LogP contribution in [0, 0.1) is 18.6 Å². The van der Waals surface area contributed by atoms with Crippen LogP contribution in [0.4, 0.5) is 8.78 Å². The molecular weight excluding hydrogens is 237 g/mol. The van der Waals surface area contributed by atoms with Gasteiger partial charge in [0.15, 0.2) is 5.82 Å². The molecule has 60 valence electrons. The van der Waals surface area contributed by atoms with E-state index < -0.39 is 11.6 Å². The molecule has 1 rings (SSSR count). The molecule has 1 aromatic rings. The van der Waals surface area contributed by atoms with Gasteiger partial charge in [-0.3, -0.25) is 0 Å². The zero-order valence-electron chi connectivity index (χ0n) is 5.59. The lowest BCUT2D eigenvalue weighted by atomic mass is 10.2. The molecule has 0 aliphatic carbocycles. The van der Waals surface area contributed by atoms with E-state index in [9.17, 15) is 8.78 Å². The summed E-state index contributed by atoms with van der Waals surface area (Å²) in [4.78, 5) is 0. The third-order valence-electron chi connectivity index (χ3n) is 1.28. The van der Waals surface area contributed by atoms with Crippen LogP contribution in [-0.4, -0.2) is 0 Å². The number of benzene rings is 1. The Hall–Kier alpha value is -0.150. The predicted molar refractivity (Wildman–Crippen MR) is 43.8 cm³/mol. The number of rotatable bonds is 0. The summed E-state index contributed by atoms with van der Waals surface area (Å²) in [6, 6.07) is 1.25. The first kappa shape index (κ1) is 8.94. The van der Waals surface area contributed by atoms with Gasteiger partial charge in [0.2, 0.25) is 0 Å². The monoisotopic (exact) mass is 240 g/mol. The van der Waals surface area contributed by atoms with Gasteiger partial charge < -0.3 is 0 Å². The average Bonchev–Trinajstić information content (AvgIpc) is 1.97. The van der Waals surface area contributed by atoms with Gasteiger partial charge in [-0.1, -0.05) is 11.6 Å². The van der Waals surface area contributed by atoms with Crippen molar-refractivity contribution < 1.29 is 8.78 Å². The Morgan fingerprint density at radius 1 is 1.36 bits per heavy atom. The molecule has 0 spiro atoms. The van der Waals surface area contributed by atoms with Crippen LogP contribution in [0.1, 0.15) is 5.56 Å². The maximum absolute atomic E-state index is 12.8. The number of halogens is 4. The predicted octanol–water partition coefficient (Wildman–Crippen LogP) is 3.69. The van der Waals surface area contributed by atoms with Crippen LogP contribution in [-0.2, 0) is 0 Å². The normalized spacial score (nSPS) is 10.3. The first-order valence-corrected chi connectivity index (χ1v) is 4.00. The second-order valence-electron chi connectivity index (χ2n) is 2.12. The smallest absolute Gasteiger partial charge is 0.158 e. The van der Waals surface area contributed by atoms with E-state index in [1.54, 1.807) is 0 Å². The largest absolute Gasteiger partial charge is 0.205 e. The summed E-state index contributed by atoms with van der Waals surface area (Å²) >= 11 is 8.17. The van der Waals surface area contributed by atoms with E-state index >= 15 is 0 Å². The van der Waals surface area contributed by atoms with Crippen molar-refractivity contribution in [2.45, 2.75) is 6.92 Å². The fraction of sp³-hybridized carbons (Fsp3) is 0.143. The van der Waals surface area contributed by atoms with Crippen molar-refractivity contribution in [1.82, 2.24) is 0 Å². The Kier molecular flexibility index (Phi) is 2.50. The molecule has 0 nitrogen and oxygen atoms in total. The van der Waals surface area contributed by atoms with Crippen LogP contribution < -0.4 is 0 Å². The van der Waals surface area contributed by atoms with E-state index in [1.807, 2.05) is 0 Å². The molecule has 0 aromatic heterocycles. The molecule has 0 unspecified atom stereocenters. The molecule has 0 bridgehead atoms.